The molecule has 1 unspecified atom stereocenters. The molecule has 1 atom stereocenters. The van der Waals surface area contributed by atoms with Crippen LogP contribution in [0.15, 0.2) is 88.2 Å². The van der Waals surface area contributed by atoms with Gasteiger partial charge in [-0.25, -0.2) is 9.79 Å². The number of rotatable bonds is 4. The molecule has 2 aliphatic rings. The van der Waals surface area contributed by atoms with Crippen molar-refractivity contribution in [1.82, 2.24) is 4.57 Å². The first-order valence-electron chi connectivity index (χ1n) is 11.6. The van der Waals surface area contributed by atoms with E-state index in [-0.39, 0.29) is 17.2 Å². The number of thiazole rings is 1. The van der Waals surface area contributed by atoms with Crippen LogP contribution in [0.25, 0.3) is 11.8 Å². The summed E-state index contributed by atoms with van der Waals surface area (Å²) in [7, 11) is 1.65. The Bertz CT molecular complexity index is 1730. The van der Waals surface area contributed by atoms with Gasteiger partial charge in [0.25, 0.3) is 5.56 Å². The van der Waals surface area contributed by atoms with Gasteiger partial charge in [0.05, 0.1) is 28.9 Å². The molecule has 7 heteroatoms. The fourth-order valence-electron chi connectivity index (χ4n) is 5.06. The Morgan fingerprint density at radius 1 is 1.06 bits per heavy atom. The molecule has 4 aromatic rings. The third-order valence-electron chi connectivity index (χ3n) is 6.76. The molecule has 0 saturated carbocycles. The Morgan fingerprint density at radius 3 is 2.58 bits per heavy atom. The number of carboxylic acid groups (broad SMARTS) is 1. The Labute approximate surface area is 210 Å². The van der Waals surface area contributed by atoms with Crippen LogP contribution >= 0.6 is 11.3 Å². The molecule has 0 amide bonds. The zero-order chi connectivity index (χ0) is 24.8. The van der Waals surface area contributed by atoms with Crippen LogP contribution in [0.1, 0.15) is 45.1 Å². The van der Waals surface area contributed by atoms with Crippen molar-refractivity contribution in [3.05, 3.63) is 126 Å². The minimum atomic E-state index is -0.983. The van der Waals surface area contributed by atoms with Crippen molar-refractivity contribution < 1.29 is 14.6 Å². The number of allylic oxidation sites excluding steroid dienone is 1. The Hall–Kier alpha value is -4.23. The van der Waals surface area contributed by atoms with Gasteiger partial charge in [0.1, 0.15) is 5.75 Å². The monoisotopic (exact) mass is 494 g/mol. The number of hydrogen-bond acceptors (Lipinski definition) is 5. The number of carboxylic acids is 1. The number of ether oxygens (including phenoxy) is 1. The minimum absolute atomic E-state index is 0.123. The molecule has 6 nitrogen and oxygen atoms in total. The molecule has 0 bridgehead atoms. The zero-order valence-electron chi connectivity index (χ0n) is 19.5. The maximum Gasteiger partial charge on any atom is 0.335 e. The van der Waals surface area contributed by atoms with Gasteiger partial charge < -0.3 is 9.84 Å². The highest BCUT2D eigenvalue weighted by Crippen LogP contribution is 2.43. The molecule has 36 heavy (non-hydrogen) atoms. The van der Waals surface area contributed by atoms with Crippen molar-refractivity contribution in [2.24, 2.45) is 4.99 Å². The number of aryl methyl sites for hydroxylation is 1. The highest BCUT2D eigenvalue weighted by atomic mass is 32.1. The molecule has 0 radical (unpaired) electrons. The topological polar surface area (TPSA) is 80.9 Å². The quantitative estimate of drug-likeness (QED) is 0.465. The first-order chi connectivity index (χ1) is 17.5. The molecule has 1 aromatic heterocycles. The lowest BCUT2D eigenvalue weighted by molar-refractivity contribution is 0.0697. The van der Waals surface area contributed by atoms with Crippen molar-refractivity contribution in [2.75, 3.05) is 7.11 Å². The second-order valence-electron chi connectivity index (χ2n) is 8.78. The summed E-state index contributed by atoms with van der Waals surface area (Å²) in [6, 6.07) is 22.3. The summed E-state index contributed by atoms with van der Waals surface area (Å²) in [5.41, 5.74) is 6.19. The van der Waals surface area contributed by atoms with Crippen LogP contribution in [0.5, 0.6) is 5.75 Å². The number of hydrogen-bond donors (Lipinski definition) is 1. The number of benzene rings is 3. The van der Waals surface area contributed by atoms with Gasteiger partial charge in [0.15, 0.2) is 4.80 Å². The van der Waals surface area contributed by atoms with E-state index in [1.165, 1.54) is 16.9 Å². The standard InChI is InChI=1S/C29H22N2O4S/c1-35-23-9-5-4-8-21(23)26-22-15-14-18-6-2-3-7-20(18)25(22)30-29-31(26)27(32)24(36-29)16-17-10-12-19(13-11-17)28(33)34/h2-13,16,26H,14-15H2,1H3,(H,33,34)/b24-16+. The van der Waals surface area contributed by atoms with Crippen LogP contribution in [-0.4, -0.2) is 22.8 Å². The van der Waals surface area contributed by atoms with E-state index in [4.69, 9.17) is 9.73 Å². The van der Waals surface area contributed by atoms with Crippen LogP contribution in [0.3, 0.4) is 0 Å². The maximum absolute atomic E-state index is 13.8. The average Bonchev–Trinajstić information content (AvgIpc) is 3.22. The molecule has 3 aromatic carbocycles. The SMILES string of the molecule is COc1ccccc1C1C2=C(N=c3s/c(=C/c4ccc(C(=O)O)cc4)c(=O)n31)c1ccccc1CC2. The molecule has 0 saturated heterocycles. The molecule has 1 N–H and O–H groups in total. The molecule has 1 aliphatic carbocycles. The third kappa shape index (κ3) is 3.60. The van der Waals surface area contributed by atoms with E-state index in [9.17, 15) is 14.7 Å². The Morgan fingerprint density at radius 2 is 1.81 bits per heavy atom. The fraction of sp³-hybridized carbons (Fsp3) is 0.138. The van der Waals surface area contributed by atoms with Gasteiger partial charge >= 0.3 is 5.97 Å². The van der Waals surface area contributed by atoms with Crippen molar-refractivity contribution in [3.63, 3.8) is 0 Å². The van der Waals surface area contributed by atoms with E-state index in [0.717, 1.165) is 46.6 Å². The second-order valence-corrected chi connectivity index (χ2v) is 9.79. The first-order valence-corrected chi connectivity index (χ1v) is 12.5. The average molecular weight is 495 g/mol. The van der Waals surface area contributed by atoms with Crippen LogP contribution in [0, 0.1) is 0 Å². The Balaban J connectivity index is 1.60. The largest absolute Gasteiger partial charge is 0.496 e. The number of methoxy groups -OCH3 is 1. The van der Waals surface area contributed by atoms with Crippen molar-refractivity contribution in [2.45, 2.75) is 18.9 Å². The summed E-state index contributed by atoms with van der Waals surface area (Å²) in [5, 5.41) is 9.18. The summed E-state index contributed by atoms with van der Waals surface area (Å²) in [6.07, 6.45) is 3.49. The van der Waals surface area contributed by atoms with Gasteiger partial charge in [-0.1, -0.05) is 65.9 Å². The van der Waals surface area contributed by atoms with Gasteiger partial charge in [-0.15, -0.1) is 0 Å². The van der Waals surface area contributed by atoms with E-state index in [0.29, 0.717) is 9.33 Å². The highest BCUT2D eigenvalue weighted by molar-refractivity contribution is 7.07. The van der Waals surface area contributed by atoms with E-state index in [1.54, 1.807) is 42.0 Å². The highest BCUT2D eigenvalue weighted by Gasteiger charge is 2.33. The third-order valence-corrected chi connectivity index (χ3v) is 7.74. The predicted octanol–water partition coefficient (Wildman–Crippen LogP) is 4.03. The van der Waals surface area contributed by atoms with Crippen LogP contribution in [0.4, 0.5) is 0 Å². The lowest BCUT2D eigenvalue weighted by atomic mass is 9.83. The number of aromatic nitrogens is 1. The molecule has 0 spiro atoms. The van der Waals surface area contributed by atoms with E-state index in [2.05, 4.69) is 18.2 Å². The normalized spacial score (nSPS) is 16.6. The van der Waals surface area contributed by atoms with E-state index in [1.807, 2.05) is 30.3 Å². The lowest BCUT2D eigenvalue weighted by Crippen LogP contribution is -2.39. The van der Waals surface area contributed by atoms with Gasteiger partial charge in [0, 0.05) is 11.1 Å². The Kier molecular flexibility index (Phi) is 5.42. The minimum Gasteiger partial charge on any atom is -0.496 e. The first kappa shape index (κ1) is 22.2. The summed E-state index contributed by atoms with van der Waals surface area (Å²) in [6.45, 7) is 0. The summed E-state index contributed by atoms with van der Waals surface area (Å²) >= 11 is 1.35. The van der Waals surface area contributed by atoms with Crippen LogP contribution in [0.2, 0.25) is 0 Å². The molecule has 178 valence electrons. The zero-order valence-corrected chi connectivity index (χ0v) is 20.3. The van der Waals surface area contributed by atoms with Gasteiger partial charge in [-0.2, -0.15) is 0 Å². The number of carbonyl (C=O) groups is 1. The van der Waals surface area contributed by atoms with Crippen LogP contribution < -0.4 is 19.6 Å². The predicted molar refractivity (Wildman–Crippen MR) is 139 cm³/mol. The number of para-hydroxylation sites is 1. The molecule has 6 rings (SSSR count). The smallest absolute Gasteiger partial charge is 0.335 e. The fourth-order valence-corrected chi connectivity index (χ4v) is 6.07. The van der Waals surface area contributed by atoms with Gasteiger partial charge in [0.2, 0.25) is 0 Å². The molecular formula is C29H22N2O4S. The molecule has 0 fully saturated rings. The van der Waals surface area contributed by atoms with Gasteiger partial charge in [-0.05, 0) is 53.8 Å². The van der Waals surface area contributed by atoms with Crippen molar-refractivity contribution >= 4 is 29.1 Å². The van der Waals surface area contributed by atoms with Crippen molar-refractivity contribution in [3.8, 4) is 5.75 Å². The summed E-state index contributed by atoms with van der Waals surface area (Å²) in [5.74, 6) is -0.252. The maximum atomic E-state index is 13.8. The number of nitrogens with zero attached hydrogens (tertiary/aromatic N) is 2. The summed E-state index contributed by atoms with van der Waals surface area (Å²) < 4.78 is 8.05. The van der Waals surface area contributed by atoms with Crippen LogP contribution in [-0.2, 0) is 6.42 Å². The summed E-state index contributed by atoms with van der Waals surface area (Å²) in [4.78, 5) is 30.7. The van der Waals surface area contributed by atoms with Gasteiger partial charge in [-0.3, -0.25) is 9.36 Å². The molecule has 1 aliphatic heterocycles. The number of fused-ring (bicyclic) bond motifs is 3. The van der Waals surface area contributed by atoms with E-state index >= 15 is 0 Å². The molecule has 2 heterocycles. The lowest BCUT2D eigenvalue weighted by Gasteiger charge is -2.31. The molecular weight excluding hydrogens is 472 g/mol. The van der Waals surface area contributed by atoms with Crippen molar-refractivity contribution in [1.29, 1.82) is 0 Å². The number of aromatic carboxylic acids is 1. The van der Waals surface area contributed by atoms with E-state index < -0.39 is 5.97 Å². The second kappa shape index (κ2) is 8.77.